The van der Waals surface area contributed by atoms with Gasteiger partial charge in [-0.15, -0.1) is 0 Å². The fraction of sp³-hybridized carbons (Fsp3) is 0. The van der Waals surface area contributed by atoms with Gasteiger partial charge in [-0.2, -0.15) is 0 Å². The summed E-state index contributed by atoms with van der Waals surface area (Å²) in [4.78, 5) is 2.94. The second kappa shape index (κ2) is 5.05. The van der Waals surface area contributed by atoms with Gasteiger partial charge in [0.25, 0.3) is 0 Å². The molecule has 3 rings (SSSR count). The number of nitrogens with zero attached hydrogens (tertiary/aromatic N) is 1. The fourth-order valence-electron chi connectivity index (χ4n) is 2.00. The Kier molecular flexibility index (Phi) is 3.51. The van der Waals surface area contributed by atoms with Crippen LogP contribution in [0.5, 0.6) is 0 Å². The maximum absolute atomic E-state index is 13.6. The number of rotatable bonds is 1. The molecular formula is C13H6Br2F2N2S. The molecular weight excluding hydrogens is 414 g/mol. The molecule has 3 aromatic rings. The first-order valence-corrected chi connectivity index (χ1v) is 7.52. The quantitative estimate of drug-likeness (QED) is 0.517. The van der Waals surface area contributed by atoms with Crippen molar-refractivity contribution in [3.63, 3.8) is 0 Å². The molecule has 0 unspecified atom stereocenters. The topological polar surface area (TPSA) is 20.7 Å². The number of imidazole rings is 1. The summed E-state index contributed by atoms with van der Waals surface area (Å²) in [7, 11) is 0. The van der Waals surface area contributed by atoms with E-state index in [-0.39, 0.29) is 11.6 Å². The van der Waals surface area contributed by atoms with Gasteiger partial charge >= 0.3 is 0 Å². The molecule has 102 valence electrons. The minimum absolute atomic E-state index is 0.339. The summed E-state index contributed by atoms with van der Waals surface area (Å²) in [5.41, 5.74) is 1.96. The van der Waals surface area contributed by atoms with Gasteiger partial charge in [0.2, 0.25) is 0 Å². The van der Waals surface area contributed by atoms with Crippen molar-refractivity contribution in [2.45, 2.75) is 0 Å². The Hall–Kier alpha value is -1.05. The lowest BCUT2D eigenvalue weighted by atomic mass is 10.2. The Bertz CT molecular complexity index is 886. The van der Waals surface area contributed by atoms with E-state index < -0.39 is 0 Å². The molecule has 0 radical (unpaired) electrons. The largest absolute Gasteiger partial charge is 0.330 e. The molecule has 1 aromatic heterocycles. The lowest BCUT2D eigenvalue weighted by Crippen LogP contribution is -1.96. The normalized spacial score (nSPS) is 11.2. The molecule has 0 saturated carbocycles. The number of fused-ring (bicyclic) bond motifs is 1. The molecule has 0 atom stereocenters. The fourth-order valence-corrected chi connectivity index (χ4v) is 3.17. The van der Waals surface area contributed by atoms with Gasteiger partial charge in [-0.05, 0) is 68.3 Å². The molecule has 0 amide bonds. The van der Waals surface area contributed by atoms with Gasteiger partial charge in [0.05, 0.1) is 21.2 Å². The highest BCUT2D eigenvalue weighted by molar-refractivity contribution is 9.10. The molecule has 0 spiro atoms. The number of aromatic nitrogens is 2. The van der Waals surface area contributed by atoms with Crippen LogP contribution < -0.4 is 0 Å². The standard InChI is InChI=1S/C13H6Br2F2N2S/c14-7-4-12-10(5-9(7)17)18-13(20)19(12)11-2-1-6(16)3-8(11)15/h1-5H,(H,18,20). The molecule has 2 nitrogen and oxygen atoms in total. The van der Waals surface area contributed by atoms with Gasteiger partial charge in [-0.3, -0.25) is 4.57 Å². The number of H-pyrrole nitrogens is 1. The smallest absolute Gasteiger partial charge is 0.182 e. The van der Waals surface area contributed by atoms with Crippen LogP contribution in [0.3, 0.4) is 0 Å². The van der Waals surface area contributed by atoms with E-state index in [0.717, 1.165) is 0 Å². The Labute approximate surface area is 134 Å². The van der Waals surface area contributed by atoms with E-state index in [9.17, 15) is 8.78 Å². The Morgan fingerprint density at radius 2 is 1.80 bits per heavy atom. The maximum atomic E-state index is 13.6. The molecule has 7 heteroatoms. The van der Waals surface area contributed by atoms with Crippen molar-refractivity contribution in [1.82, 2.24) is 9.55 Å². The van der Waals surface area contributed by atoms with Crippen LogP contribution in [0.2, 0.25) is 0 Å². The van der Waals surface area contributed by atoms with E-state index in [1.165, 1.54) is 18.2 Å². The van der Waals surface area contributed by atoms with Crippen molar-refractivity contribution < 1.29 is 8.78 Å². The minimum atomic E-state index is -0.376. The van der Waals surface area contributed by atoms with Gasteiger partial charge < -0.3 is 4.98 Å². The van der Waals surface area contributed by atoms with Crippen molar-refractivity contribution >= 4 is 55.1 Å². The summed E-state index contributed by atoms with van der Waals surface area (Å²) >= 11 is 11.7. The summed E-state index contributed by atoms with van der Waals surface area (Å²) in [6, 6.07) is 7.31. The van der Waals surface area contributed by atoms with Crippen LogP contribution in [0.1, 0.15) is 0 Å². The molecule has 0 aliphatic carbocycles. The van der Waals surface area contributed by atoms with E-state index in [0.29, 0.717) is 30.4 Å². The van der Waals surface area contributed by atoms with Gasteiger partial charge in [0.1, 0.15) is 11.6 Å². The molecule has 0 aliphatic heterocycles. The molecule has 0 aliphatic rings. The average molecular weight is 420 g/mol. The average Bonchev–Trinajstić information content (AvgIpc) is 2.66. The van der Waals surface area contributed by atoms with Gasteiger partial charge in [-0.1, -0.05) is 0 Å². The van der Waals surface area contributed by atoms with Crippen molar-refractivity contribution in [3.8, 4) is 5.69 Å². The first kappa shape index (κ1) is 13.9. The Balaban J connectivity index is 2.39. The second-order valence-electron chi connectivity index (χ2n) is 4.14. The molecule has 2 aromatic carbocycles. The Morgan fingerprint density at radius 1 is 1.05 bits per heavy atom. The zero-order valence-corrected chi connectivity index (χ0v) is 13.7. The van der Waals surface area contributed by atoms with Crippen molar-refractivity contribution in [1.29, 1.82) is 0 Å². The third kappa shape index (κ3) is 2.23. The van der Waals surface area contributed by atoms with E-state index in [4.69, 9.17) is 12.2 Å². The third-order valence-corrected chi connectivity index (χ3v) is 4.40. The lowest BCUT2D eigenvalue weighted by Gasteiger charge is -2.07. The zero-order chi connectivity index (χ0) is 14.4. The second-order valence-corrected chi connectivity index (χ2v) is 6.24. The predicted molar refractivity (Wildman–Crippen MR) is 83.8 cm³/mol. The molecule has 1 heterocycles. The number of benzene rings is 2. The van der Waals surface area contributed by atoms with Crippen molar-refractivity contribution in [2.75, 3.05) is 0 Å². The number of nitrogens with one attached hydrogen (secondary N) is 1. The van der Waals surface area contributed by atoms with Gasteiger partial charge in [0.15, 0.2) is 4.77 Å². The van der Waals surface area contributed by atoms with E-state index in [2.05, 4.69) is 36.8 Å². The first-order valence-electron chi connectivity index (χ1n) is 5.52. The van der Waals surface area contributed by atoms with E-state index in [1.54, 1.807) is 16.7 Å². The Morgan fingerprint density at radius 3 is 2.50 bits per heavy atom. The van der Waals surface area contributed by atoms with Crippen LogP contribution in [-0.2, 0) is 0 Å². The van der Waals surface area contributed by atoms with E-state index >= 15 is 0 Å². The lowest BCUT2D eigenvalue weighted by molar-refractivity contribution is 0.623. The SMILES string of the molecule is Fc1ccc(-n2c(=S)[nH]c3cc(F)c(Br)cc32)c(Br)c1. The van der Waals surface area contributed by atoms with Crippen LogP contribution in [0.15, 0.2) is 39.3 Å². The first-order chi connectivity index (χ1) is 9.47. The third-order valence-electron chi connectivity index (χ3n) is 2.87. The van der Waals surface area contributed by atoms with Crippen LogP contribution in [0.25, 0.3) is 16.7 Å². The van der Waals surface area contributed by atoms with Crippen LogP contribution in [0, 0.1) is 16.4 Å². The monoisotopic (exact) mass is 418 g/mol. The summed E-state index contributed by atoms with van der Waals surface area (Å²) in [5, 5.41) is 0. The highest BCUT2D eigenvalue weighted by Crippen LogP contribution is 2.29. The minimum Gasteiger partial charge on any atom is -0.330 e. The van der Waals surface area contributed by atoms with Crippen LogP contribution >= 0.6 is 44.1 Å². The number of hydrogen-bond acceptors (Lipinski definition) is 1. The summed E-state index contributed by atoms with van der Waals surface area (Å²) < 4.78 is 29.8. The van der Waals surface area contributed by atoms with Gasteiger partial charge in [0, 0.05) is 10.5 Å². The number of halogens is 4. The highest BCUT2D eigenvalue weighted by atomic mass is 79.9. The van der Waals surface area contributed by atoms with E-state index in [1.807, 2.05) is 0 Å². The molecule has 0 bridgehead atoms. The van der Waals surface area contributed by atoms with Crippen LogP contribution in [-0.4, -0.2) is 9.55 Å². The maximum Gasteiger partial charge on any atom is 0.182 e. The summed E-state index contributed by atoms with van der Waals surface area (Å²) in [5.74, 6) is -0.724. The molecule has 0 saturated heterocycles. The number of hydrogen-bond donors (Lipinski definition) is 1. The molecule has 1 N–H and O–H groups in total. The van der Waals surface area contributed by atoms with Crippen molar-refractivity contribution in [2.24, 2.45) is 0 Å². The molecule has 0 fully saturated rings. The van der Waals surface area contributed by atoms with Crippen molar-refractivity contribution in [3.05, 3.63) is 55.7 Å². The number of aromatic amines is 1. The highest BCUT2D eigenvalue weighted by Gasteiger charge is 2.12. The predicted octanol–water partition coefficient (Wildman–Crippen LogP) is 5.49. The zero-order valence-electron chi connectivity index (χ0n) is 9.75. The van der Waals surface area contributed by atoms with Gasteiger partial charge in [-0.25, -0.2) is 8.78 Å². The molecule has 20 heavy (non-hydrogen) atoms. The summed E-state index contributed by atoms with van der Waals surface area (Å²) in [6.07, 6.45) is 0. The summed E-state index contributed by atoms with van der Waals surface area (Å²) in [6.45, 7) is 0. The van der Waals surface area contributed by atoms with Crippen LogP contribution in [0.4, 0.5) is 8.78 Å².